The number of rotatable bonds is 3. The van der Waals surface area contributed by atoms with Crippen molar-refractivity contribution >= 4 is 0 Å². The molecule has 0 fully saturated rings. The van der Waals surface area contributed by atoms with Crippen LogP contribution in [0.2, 0.25) is 0 Å². The summed E-state index contributed by atoms with van der Waals surface area (Å²) in [5, 5.41) is 3.77. The van der Waals surface area contributed by atoms with Gasteiger partial charge >= 0.3 is 6.18 Å². The van der Waals surface area contributed by atoms with Gasteiger partial charge in [0.05, 0.1) is 18.7 Å². The normalized spacial score (nSPS) is 14.4. The summed E-state index contributed by atoms with van der Waals surface area (Å²) < 4.78 is 37.6. The fraction of sp³-hybridized carbons (Fsp3) is 0.571. The summed E-state index contributed by atoms with van der Waals surface area (Å²) in [6.45, 7) is 0. The molecule has 4 nitrogen and oxygen atoms in total. The first-order chi connectivity index (χ1) is 6.42. The predicted octanol–water partition coefficient (Wildman–Crippen LogP) is 0.877. The largest absolute Gasteiger partial charge is 0.390 e. The van der Waals surface area contributed by atoms with E-state index in [9.17, 15) is 13.2 Å². The molecule has 1 heterocycles. The van der Waals surface area contributed by atoms with Crippen molar-refractivity contribution in [2.75, 3.05) is 0 Å². The minimum atomic E-state index is -4.24. The second kappa shape index (κ2) is 3.97. The first-order valence-electron chi connectivity index (χ1n) is 3.94. The summed E-state index contributed by atoms with van der Waals surface area (Å²) in [5.41, 5.74) is 2.54. The van der Waals surface area contributed by atoms with E-state index in [-0.39, 0.29) is 0 Å². The Labute approximate surface area is 78.9 Å². The van der Waals surface area contributed by atoms with Crippen LogP contribution in [0.25, 0.3) is 0 Å². The summed E-state index contributed by atoms with van der Waals surface area (Å²) in [7, 11) is 1.63. The zero-order valence-corrected chi connectivity index (χ0v) is 7.54. The molecular weight excluding hydrogens is 197 g/mol. The van der Waals surface area contributed by atoms with E-state index in [2.05, 4.69) is 10.5 Å². The number of halogens is 3. The maximum absolute atomic E-state index is 12.1. The molecule has 1 aromatic rings. The van der Waals surface area contributed by atoms with Crippen molar-refractivity contribution in [1.29, 1.82) is 0 Å². The summed E-state index contributed by atoms with van der Waals surface area (Å²) >= 11 is 0. The molecule has 0 spiro atoms. The lowest BCUT2D eigenvalue weighted by atomic mass is 10.1. The minimum Gasteiger partial charge on any atom is -0.275 e. The van der Waals surface area contributed by atoms with Crippen molar-refractivity contribution in [1.82, 2.24) is 15.2 Å². The molecule has 80 valence electrons. The first kappa shape index (κ1) is 11.0. The number of hydrogen-bond donors (Lipinski definition) is 2. The van der Waals surface area contributed by atoms with Crippen LogP contribution in [0, 0.1) is 0 Å². The number of nitrogens with zero attached hydrogens (tertiary/aromatic N) is 2. The van der Waals surface area contributed by atoms with Crippen LogP contribution in [-0.2, 0) is 7.05 Å². The maximum atomic E-state index is 12.1. The lowest BCUT2D eigenvalue weighted by molar-refractivity contribution is -0.140. The molecule has 0 bridgehead atoms. The molecule has 7 heteroatoms. The van der Waals surface area contributed by atoms with Gasteiger partial charge in [-0.05, 0) is 0 Å². The Kier molecular flexibility index (Phi) is 3.12. The molecule has 0 aliphatic rings. The van der Waals surface area contributed by atoms with E-state index in [0.29, 0.717) is 5.56 Å². The van der Waals surface area contributed by atoms with Gasteiger partial charge in [-0.15, -0.1) is 0 Å². The molecular formula is C7H11F3N4. The van der Waals surface area contributed by atoms with Crippen LogP contribution in [0.3, 0.4) is 0 Å². The Hall–Kier alpha value is -1.08. The van der Waals surface area contributed by atoms with Crippen LogP contribution in [-0.4, -0.2) is 16.0 Å². The SMILES string of the molecule is Cn1cc(C(CC(F)(F)F)NN)cn1. The molecule has 0 aliphatic carbocycles. The van der Waals surface area contributed by atoms with E-state index in [1.807, 2.05) is 0 Å². The van der Waals surface area contributed by atoms with Gasteiger partial charge in [-0.25, -0.2) is 0 Å². The van der Waals surface area contributed by atoms with Gasteiger partial charge in [-0.1, -0.05) is 0 Å². The van der Waals surface area contributed by atoms with Crippen molar-refractivity contribution in [2.45, 2.75) is 18.6 Å². The lowest BCUT2D eigenvalue weighted by Gasteiger charge is -2.15. The summed E-state index contributed by atoms with van der Waals surface area (Å²) in [5.74, 6) is 5.03. The number of hydrazine groups is 1. The van der Waals surface area contributed by atoms with Crippen molar-refractivity contribution < 1.29 is 13.2 Å². The lowest BCUT2D eigenvalue weighted by Crippen LogP contribution is -2.31. The molecule has 0 saturated heterocycles. The minimum absolute atomic E-state index is 0.423. The van der Waals surface area contributed by atoms with E-state index in [4.69, 9.17) is 5.84 Å². The second-order valence-corrected chi connectivity index (χ2v) is 2.99. The van der Waals surface area contributed by atoms with Crippen LogP contribution in [0.5, 0.6) is 0 Å². The van der Waals surface area contributed by atoms with E-state index < -0.39 is 18.6 Å². The molecule has 1 atom stereocenters. The third-order valence-electron chi connectivity index (χ3n) is 1.76. The number of alkyl halides is 3. The number of hydrogen-bond acceptors (Lipinski definition) is 3. The molecule has 3 N–H and O–H groups in total. The van der Waals surface area contributed by atoms with Crippen LogP contribution in [0.4, 0.5) is 13.2 Å². The monoisotopic (exact) mass is 208 g/mol. The van der Waals surface area contributed by atoms with Crippen molar-refractivity contribution in [3.05, 3.63) is 18.0 Å². The standard InChI is InChI=1S/C7H11F3N4/c1-14-4-5(3-12-14)6(13-11)2-7(8,9)10/h3-4,6,13H,2,11H2,1H3. The zero-order valence-electron chi connectivity index (χ0n) is 7.54. The van der Waals surface area contributed by atoms with Crippen LogP contribution in [0.1, 0.15) is 18.0 Å². The fourth-order valence-corrected chi connectivity index (χ4v) is 1.12. The van der Waals surface area contributed by atoms with Gasteiger partial charge in [-0.3, -0.25) is 16.0 Å². The topological polar surface area (TPSA) is 55.9 Å². The number of nitrogens with two attached hydrogens (primary N) is 1. The highest BCUT2D eigenvalue weighted by molar-refractivity contribution is 5.10. The van der Waals surface area contributed by atoms with Gasteiger partial charge in [0.1, 0.15) is 0 Å². The van der Waals surface area contributed by atoms with Crippen LogP contribution < -0.4 is 11.3 Å². The molecule has 0 aromatic carbocycles. The molecule has 0 amide bonds. The molecule has 1 unspecified atom stereocenters. The van der Waals surface area contributed by atoms with Crippen LogP contribution >= 0.6 is 0 Å². The van der Waals surface area contributed by atoms with Crippen LogP contribution in [0.15, 0.2) is 12.4 Å². The molecule has 0 radical (unpaired) electrons. The quantitative estimate of drug-likeness (QED) is 0.572. The highest BCUT2D eigenvalue weighted by Crippen LogP contribution is 2.28. The van der Waals surface area contributed by atoms with Crippen molar-refractivity contribution in [2.24, 2.45) is 12.9 Å². The van der Waals surface area contributed by atoms with Gasteiger partial charge < -0.3 is 0 Å². The van der Waals surface area contributed by atoms with E-state index in [1.165, 1.54) is 17.1 Å². The van der Waals surface area contributed by atoms with E-state index in [0.717, 1.165) is 0 Å². The van der Waals surface area contributed by atoms with Gasteiger partial charge in [-0.2, -0.15) is 18.3 Å². The maximum Gasteiger partial charge on any atom is 0.390 e. The van der Waals surface area contributed by atoms with Gasteiger partial charge in [0.25, 0.3) is 0 Å². The molecule has 14 heavy (non-hydrogen) atoms. The van der Waals surface area contributed by atoms with Gasteiger partial charge in [0, 0.05) is 18.8 Å². The first-order valence-corrected chi connectivity index (χ1v) is 3.94. The molecule has 0 saturated carbocycles. The number of aromatic nitrogens is 2. The van der Waals surface area contributed by atoms with Crippen molar-refractivity contribution in [3.63, 3.8) is 0 Å². The Balaban J connectivity index is 2.72. The Morgan fingerprint density at radius 2 is 2.29 bits per heavy atom. The Morgan fingerprint density at radius 1 is 1.64 bits per heavy atom. The average molecular weight is 208 g/mol. The summed E-state index contributed by atoms with van der Waals surface area (Å²) in [4.78, 5) is 0. The zero-order chi connectivity index (χ0) is 10.8. The third kappa shape index (κ3) is 3.00. The third-order valence-corrected chi connectivity index (χ3v) is 1.76. The molecule has 1 rings (SSSR count). The smallest absolute Gasteiger partial charge is 0.275 e. The highest BCUT2D eigenvalue weighted by atomic mass is 19.4. The highest BCUT2D eigenvalue weighted by Gasteiger charge is 2.32. The summed E-state index contributed by atoms with van der Waals surface area (Å²) in [6.07, 6.45) is -2.39. The summed E-state index contributed by atoms with van der Waals surface area (Å²) in [6, 6.07) is -0.941. The van der Waals surface area contributed by atoms with Crippen molar-refractivity contribution in [3.8, 4) is 0 Å². The Morgan fingerprint density at radius 3 is 2.64 bits per heavy atom. The second-order valence-electron chi connectivity index (χ2n) is 2.99. The van der Waals surface area contributed by atoms with E-state index >= 15 is 0 Å². The number of aryl methyl sites for hydroxylation is 1. The molecule has 0 aliphatic heterocycles. The fourth-order valence-electron chi connectivity index (χ4n) is 1.12. The van der Waals surface area contributed by atoms with Gasteiger partial charge in [0.2, 0.25) is 0 Å². The van der Waals surface area contributed by atoms with E-state index in [1.54, 1.807) is 7.05 Å². The predicted molar refractivity (Wildman–Crippen MR) is 43.9 cm³/mol. The van der Waals surface area contributed by atoms with Gasteiger partial charge in [0.15, 0.2) is 0 Å². The number of nitrogens with one attached hydrogen (secondary N) is 1. The average Bonchev–Trinajstić information content (AvgIpc) is 2.46. The Bertz CT molecular complexity index is 293. The molecule has 1 aromatic heterocycles.